The van der Waals surface area contributed by atoms with Gasteiger partial charge in [-0.25, -0.2) is 14.8 Å². The number of aromatic amines is 1. The smallest absolute Gasteiger partial charge is 0.330 e. The first-order chi connectivity index (χ1) is 15.4. The predicted molar refractivity (Wildman–Crippen MR) is 123 cm³/mol. The number of hydrogen-bond acceptors (Lipinski definition) is 6. The molecule has 5 rings (SSSR count). The molecule has 8 nitrogen and oxygen atoms in total. The van der Waals surface area contributed by atoms with Crippen molar-refractivity contribution in [3.05, 3.63) is 62.6 Å². The van der Waals surface area contributed by atoms with Crippen LogP contribution in [0, 0.1) is 0 Å². The molecule has 2 aliphatic carbocycles. The van der Waals surface area contributed by atoms with E-state index in [1.807, 2.05) is 37.3 Å². The van der Waals surface area contributed by atoms with Crippen LogP contribution in [-0.2, 0) is 11.3 Å². The van der Waals surface area contributed by atoms with E-state index in [9.17, 15) is 14.4 Å². The SMILES string of the molecule is CC(Sc1nc(C2CC2)nc2c1c(=O)[nH]c(=O)n2C1CC1)C(=O)N(C)Cc1ccccc1. The third-order valence-corrected chi connectivity index (χ3v) is 6.97. The Morgan fingerprint density at radius 1 is 1.19 bits per heavy atom. The largest absolute Gasteiger partial charge is 0.340 e. The van der Waals surface area contributed by atoms with Gasteiger partial charge in [0.2, 0.25) is 5.91 Å². The van der Waals surface area contributed by atoms with Crippen LogP contribution in [0.5, 0.6) is 0 Å². The number of H-pyrrole nitrogens is 1. The molecule has 32 heavy (non-hydrogen) atoms. The maximum atomic E-state index is 13.1. The lowest BCUT2D eigenvalue weighted by atomic mass is 10.2. The van der Waals surface area contributed by atoms with Crippen molar-refractivity contribution < 1.29 is 4.79 Å². The van der Waals surface area contributed by atoms with Crippen molar-refractivity contribution in [2.45, 2.75) is 61.4 Å². The first kappa shape index (κ1) is 20.9. The van der Waals surface area contributed by atoms with E-state index in [4.69, 9.17) is 0 Å². The second kappa shape index (κ2) is 8.20. The van der Waals surface area contributed by atoms with Gasteiger partial charge in [-0.05, 0) is 38.2 Å². The van der Waals surface area contributed by atoms with Gasteiger partial charge in [-0.3, -0.25) is 19.1 Å². The van der Waals surface area contributed by atoms with E-state index in [0.29, 0.717) is 28.4 Å². The number of hydrogen-bond donors (Lipinski definition) is 1. The Labute approximate surface area is 189 Å². The van der Waals surface area contributed by atoms with Crippen molar-refractivity contribution in [1.29, 1.82) is 0 Å². The summed E-state index contributed by atoms with van der Waals surface area (Å²) in [5, 5.41) is 0.326. The molecule has 2 fully saturated rings. The van der Waals surface area contributed by atoms with Crippen LogP contribution < -0.4 is 11.2 Å². The molecule has 0 radical (unpaired) electrons. The van der Waals surface area contributed by atoms with Gasteiger partial charge in [0.25, 0.3) is 5.56 Å². The average molecular weight is 452 g/mol. The Bertz CT molecular complexity index is 1290. The zero-order valence-corrected chi connectivity index (χ0v) is 18.9. The number of benzene rings is 1. The van der Waals surface area contributed by atoms with Gasteiger partial charge in [0, 0.05) is 25.6 Å². The van der Waals surface area contributed by atoms with Gasteiger partial charge in [0.05, 0.1) is 5.25 Å². The number of amides is 1. The van der Waals surface area contributed by atoms with Gasteiger partial charge in [-0.1, -0.05) is 42.1 Å². The number of nitrogens with one attached hydrogen (secondary N) is 1. The Hall–Kier alpha value is -2.94. The molecular weight excluding hydrogens is 426 g/mol. The minimum absolute atomic E-state index is 0.0504. The van der Waals surface area contributed by atoms with E-state index in [1.165, 1.54) is 11.8 Å². The maximum Gasteiger partial charge on any atom is 0.330 e. The van der Waals surface area contributed by atoms with Crippen LogP contribution in [0.25, 0.3) is 11.0 Å². The third-order valence-electron chi connectivity index (χ3n) is 5.90. The zero-order valence-electron chi connectivity index (χ0n) is 18.1. The summed E-state index contributed by atoms with van der Waals surface area (Å²) in [6.07, 6.45) is 3.79. The average Bonchev–Trinajstić information content (AvgIpc) is 3.67. The topological polar surface area (TPSA) is 101 Å². The highest BCUT2D eigenvalue weighted by molar-refractivity contribution is 8.00. The molecule has 2 aromatic heterocycles. The van der Waals surface area contributed by atoms with Crippen LogP contribution in [0.15, 0.2) is 44.9 Å². The summed E-state index contributed by atoms with van der Waals surface area (Å²) in [7, 11) is 1.78. The standard InChI is InChI=1S/C23H25N5O3S/c1-13(22(30)27(2)12-14-6-4-3-5-7-14)32-21-17-19(24-18(25-21)15-8-9-15)28(16-10-11-16)23(31)26-20(17)29/h3-7,13,15-16H,8-12H2,1-2H3,(H,26,29,31). The molecule has 2 saturated carbocycles. The van der Waals surface area contributed by atoms with E-state index in [0.717, 1.165) is 31.2 Å². The molecule has 1 atom stereocenters. The molecule has 1 unspecified atom stereocenters. The van der Waals surface area contributed by atoms with E-state index in [2.05, 4.69) is 15.0 Å². The molecule has 1 N–H and O–H groups in total. The molecule has 1 aromatic carbocycles. The Morgan fingerprint density at radius 2 is 1.91 bits per heavy atom. The molecule has 3 aromatic rings. The molecule has 1 amide bonds. The zero-order chi connectivity index (χ0) is 22.4. The minimum atomic E-state index is -0.496. The highest BCUT2D eigenvalue weighted by atomic mass is 32.2. The molecule has 9 heteroatoms. The fourth-order valence-corrected chi connectivity index (χ4v) is 4.94. The van der Waals surface area contributed by atoms with E-state index in [1.54, 1.807) is 16.5 Å². The van der Waals surface area contributed by atoms with E-state index < -0.39 is 16.5 Å². The molecule has 0 saturated heterocycles. The Balaban J connectivity index is 1.49. The summed E-state index contributed by atoms with van der Waals surface area (Å²) in [6, 6.07) is 9.88. The minimum Gasteiger partial charge on any atom is -0.340 e. The van der Waals surface area contributed by atoms with Crippen LogP contribution in [0.2, 0.25) is 0 Å². The molecule has 0 spiro atoms. The molecule has 0 bridgehead atoms. The first-order valence-corrected chi connectivity index (χ1v) is 11.8. The summed E-state index contributed by atoms with van der Waals surface area (Å²) in [6.45, 7) is 2.33. The summed E-state index contributed by atoms with van der Waals surface area (Å²) < 4.78 is 1.60. The van der Waals surface area contributed by atoms with Crippen molar-refractivity contribution in [3.8, 4) is 0 Å². The van der Waals surface area contributed by atoms with Crippen LogP contribution in [0.1, 0.15) is 56.0 Å². The fourth-order valence-electron chi connectivity index (χ4n) is 3.88. The second-order valence-electron chi connectivity index (χ2n) is 8.66. The fraction of sp³-hybridized carbons (Fsp3) is 0.435. The number of carbonyl (C=O) groups excluding carboxylic acids is 1. The summed E-state index contributed by atoms with van der Waals surface area (Å²) in [5.74, 6) is 0.870. The molecule has 0 aliphatic heterocycles. The molecule has 2 heterocycles. The number of fused-ring (bicyclic) bond motifs is 1. The normalized spacial score (nSPS) is 16.8. The number of thioether (sulfide) groups is 1. The van der Waals surface area contributed by atoms with Gasteiger partial charge >= 0.3 is 5.69 Å². The number of carbonyl (C=O) groups is 1. The highest BCUT2D eigenvalue weighted by Crippen LogP contribution is 2.41. The lowest BCUT2D eigenvalue weighted by Crippen LogP contribution is -2.33. The number of nitrogens with zero attached hydrogens (tertiary/aromatic N) is 4. The van der Waals surface area contributed by atoms with Crippen molar-refractivity contribution in [1.82, 2.24) is 24.4 Å². The van der Waals surface area contributed by atoms with Crippen LogP contribution in [0.3, 0.4) is 0 Å². The summed E-state index contributed by atoms with van der Waals surface area (Å²) >= 11 is 1.26. The van der Waals surface area contributed by atoms with Gasteiger partial charge in [-0.15, -0.1) is 0 Å². The van der Waals surface area contributed by atoms with Crippen LogP contribution in [-0.4, -0.2) is 42.6 Å². The van der Waals surface area contributed by atoms with Crippen molar-refractivity contribution >= 4 is 28.7 Å². The van der Waals surface area contributed by atoms with Gasteiger partial charge < -0.3 is 4.90 Å². The van der Waals surface area contributed by atoms with E-state index in [-0.39, 0.29) is 17.9 Å². The van der Waals surface area contributed by atoms with Crippen molar-refractivity contribution in [2.24, 2.45) is 0 Å². The molecule has 2 aliphatic rings. The first-order valence-electron chi connectivity index (χ1n) is 10.9. The number of aromatic nitrogens is 4. The van der Waals surface area contributed by atoms with Crippen molar-refractivity contribution in [3.63, 3.8) is 0 Å². The van der Waals surface area contributed by atoms with Gasteiger partial charge in [0.1, 0.15) is 16.2 Å². The number of rotatable bonds is 7. The lowest BCUT2D eigenvalue weighted by molar-refractivity contribution is -0.129. The Morgan fingerprint density at radius 3 is 2.56 bits per heavy atom. The predicted octanol–water partition coefficient (Wildman–Crippen LogP) is 2.83. The maximum absolute atomic E-state index is 13.1. The van der Waals surface area contributed by atoms with Crippen LogP contribution in [0.4, 0.5) is 0 Å². The monoisotopic (exact) mass is 451 g/mol. The van der Waals surface area contributed by atoms with Gasteiger partial charge in [-0.2, -0.15) is 0 Å². The van der Waals surface area contributed by atoms with Crippen LogP contribution >= 0.6 is 11.8 Å². The lowest BCUT2D eigenvalue weighted by Gasteiger charge is -2.21. The summed E-state index contributed by atoms with van der Waals surface area (Å²) in [5.41, 5.74) is 0.532. The Kier molecular flexibility index (Phi) is 5.36. The van der Waals surface area contributed by atoms with Crippen molar-refractivity contribution in [2.75, 3.05) is 7.05 Å². The second-order valence-corrected chi connectivity index (χ2v) is 9.99. The van der Waals surface area contributed by atoms with Gasteiger partial charge in [0.15, 0.2) is 5.65 Å². The summed E-state index contributed by atoms with van der Waals surface area (Å²) in [4.78, 5) is 51.8. The third kappa shape index (κ3) is 4.09. The quantitative estimate of drug-likeness (QED) is 0.438. The molecule has 166 valence electrons. The van der Waals surface area contributed by atoms with E-state index >= 15 is 0 Å². The highest BCUT2D eigenvalue weighted by Gasteiger charge is 2.33. The molecular formula is C23H25N5O3S.